The first kappa shape index (κ1) is 12.8. The molecule has 1 fully saturated rings. The van der Waals surface area contributed by atoms with Gasteiger partial charge in [-0.05, 0) is 25.9 Å². The molecule has 5 heteroatoms. The minimum atomic E-state index is 0.101. The third-order valence-corrected chi connectivity index (χ3v) is 3.11. The van der Waals surface area contributed by atoms with E-state index >= 15 is 0 Å². The average Bonchev–Trinajstić information content (AvgIpc) is 2.25. The maximum atomic E-state index is 8.53. The molecule has 0 amide bonds. The van der Waals surface area contributed by atoms with Crippen molar-refractivity contribution < 1.29 is 9.84 Å². The van der Waals surface area contributed by atoms with Gasteiger partial charge in [0.25, 0.3) is 0 Å². The normalized spacial score (nSPS) is 19.3. The molecule has 1 saturated heterocycles. The molecular weight excluding hydrogens is 212 g/mol. The van der Waals surface area contributed by atoms with Crippen LogP contribution in [0.5, 0.6) is 0 Å². The Morgan fingerprint density at radius 3 is 2.60 bits per heavy atom. The van der Waals surface area contributed by atoms with E-state index in [2.05, 4.69) is 4.90 Å². The summed E-state index contributed by atoms with van der Waals surface area (Å²) in [5.74, 6) is 0.426. The molecule has 0 aromatic heterocycles. The van der Waals surface area contributed by atoms with Crippen LogP contribution in [0.15, 0.2) is 0 Å². The van der Waals surface area contributed by atoms with Crippen molar-refractivity contribution >= 4 is 17.2 Å². The van der Waals surface area contributed by atoms with Crippen molar-refractivity contribution in [3.05, 3.63) is 0 Å². The first-order valence-corrected chi connectivity index (χ1v) is 5.85. The zero-order valence-corrected chi connectivity index (χ0v) is 9.84. The molecule has 1 aliphatic rings. The van der Waals surface area contributed by atoms with Crippen LogP contribution in [0.1, 0.15) is 12.8 Å². The summed E-state index contributed by atoms with van der Waals surface area (Å²) < 4.78 is 5.22. The molecule has 0 bridgehead atoms. The minimum absolute atomic E-state index is 0.101. The highest BCUT2D eigenvalue weighted by atomic mass is 32.1. The number of aliphatic hydroxyl groups is 1. The Balaban J connectivity index is 2.07. The molecule has 0 radical (unpaired) electrons. The Morgan fingerprint density at radius 1 is 1.40 bits per heavy atom. The number of thiocarbonyl (C=S) groups is 1. The molecule has 0 aromatic carbocycles. The molecule has 0 aromatic rings. The number of likely N-dealkylation sites (tertiary alicyclic amines) is 1. The van der Waals surface area contributed by atoms with Gasteiger partial charge in [0.1, 0.15) is 0 Å². The van der Waals surface area contributed by atoms with Crippen molar-refractivity contribution in [2.75, 3.05) is 39.5 Å². The van der Waals surface area contributed by atoms with E-state index in [4.69, 9.17) is 27.8 Å². The number of ether oxygens (including phenoxy) is 1. The Bertz CT molecular complexity index is 194. The second kappa shape index (κ2) is 7.11. The summed E-state index contributed by atoms with van der Waals surface area (Å²) in [5.41, 5.74) is 5.61. The summed E-state index contributed by atoms with van der Waals surface area (Å²) in [6, 6.07) is 0. The molecule has 1 heterocycles. The van der Waals surface area contributed by atoms with E-state index in [1.165, 1.54) is 0 Å². The Morgan fingerprint density at radius 2 is 2.07 bits per heavy atom. The standard InChI is InChI=1S/C10H20N2O2S/c11-10(15)9-1-3-12(4-2-9)5-7-14-8-6-13/h9,13H,1-8H2,(H2,11,15). The molecular formula is C10H20N2O2S. The molecule has 0 unspecified atom stereocenters. The quantitative estimate of drug-likeness (QED) is 0.498. The summed E-state index contributed by atoms with van der Waals surface area (Å²) in [6.07, 6.45) is 2.13. The van der Waals surface area contributed by atoms with Gasteiger partial charge < -0.3 is 20.5 Å². The van der Waals surface area contributed by atoms with E-state index in [-0.39, 0.29) is 6.61 Å². The van der Waals surface area contributed by atoms with E-state index in [9.17, 15) is 0 Å². The molecule has 0 saturated carbocycles. The van der Waals surface area contributed by atoms with Gasteiger partial charge in [-0.3, -0.25) is 0 Å². The predicted octanol–water partition coefficient (Wildman–Crippen LogP) is -0.00660. The van der Waals surface area contributed by atoms with E-state index < -0.39 is 0 Å². The smallest absolute Gasteiger partial charge is 0.0759 e. The Labute approximate surface area is 96.4 Å². The van der Waals surface area contributed by atoms with Gasteiger partial charge in [0.05, 0.1) is 24.8 Å². The van der Waals surface area contributed by atoms with Crippen LogP contribution >= 0.6 is 12.2 Å². The summed E-state index contributed by atoms with van der Waals surface area (Å²) in [5, 5.41) is 8.53. The number of piperidine rings is 1. The van der Waals surface area contributed by atoms with Crippen LogP contribution in [0, 0.1) is 5.92 Å². The van der Waals surface area contributed by atoms with Crippen molar-refractivity contribution in [3.8, 4) is 0 Å². The maximum Gasteiger partial charge on any atom is 0.0759 e. The number of hydrogen-bond donors (Lipinski definition) is 2. The van der Waals surface area contributed by atoms with Crippen molar-refractivity contribution in [2.24, 2.45) is 11.7 Å². The van der Waals surface area contributed by atoms with Crippen LogP contribution in [-0.4, -0.2) is 54.4 Å². The van der Waals surface area contributed by atoms with Gasteiger partial charge in [0.15, 0.2) is 0 Å². The van der Waals surface area contributed by atoms with Crippen LogP contribution in [0.4, 0.5) is 0 Å². The van der Waals surface area contributed by atoms with Gasteiger partial charge in [-0.25, -0.2) is 0 Å². The fourth-order valence-electron chi connectivity index (χ4n) is 1.80. The summed E-state index contributed by atoms with van der Waals surface area (Å²) in [4.78, 5) is 3.01. The molecule has 1 rings (SSSR count). The van der Waals surface area contributed by atoms with Crippen molar-refractivity contribution in [1.29, 1.82) is 0 Å². The molecule has 15 heavy (non-hydrogen) atoms. The lowest BCUT2D eigenvalue weighted by Gasteiger charge is -2.31. The highest BCUT2D eigenvalue weighted by molar-refractivity contribution is 7.80. The molecule has 4 nitrogen and oxygen atoms in total. The number of hydrogen-bond acceptors (Lipinski definition) is 4. The molecule has 0 atom stereocenters. The van der Waals surface area contributed by atoms with E-state index in [1.807, 2.05) is 0 Å². The molecule has 88 valence electrons. The number of aliphatic hydroxyl groups excluding tert-OH is 1. The second-order valence-corrected chi connectivity index (χ2v) is 4.33. The Kier molecular flexibility index (Phi) is 6.09. The van der Waals surface area contributed by atoms with E-state index in [0.717, 1.165) is 32.5 Å². The zero-order valence-electron chi connectivity index (χ0n) is 9.02. The van der Waals surface area contributed by atoms with Gasteiger partial charge in [-0.15, -0.1) is 0 Å². The van der Waals surface area contributed by atoms with Crippen LogP contribution in [0.3, 0.4) is 0 Å². The van der Waals surface area contributed by atoms with Crippen LogP contribution in [0.25, 0.3) is 0 Å². The fourth-order valence-corrected chi connectivity index (χ4v) is 2.04. The third kappa shape index (κ3) is 4.88. The number of nitrogens with two attached hydrogens (primary N) is 1. The molecule has 0 aliphatic carbocycles. The minimum Gasteiger partial charge on any atom is -0.394 e. The van der Waals surface area contributed by atoms with Gasteiger partial charge in [-0.1, -0.05) is 12.2 Å². The van der Waals surface area contributed by atoms with Crippen molar-refractivity contribution in [1.82, 2.24) is 4.90 Å². The lowest BCUT2D eigenvalue weighted by Crippen LogP contribution is -2.39. The van der Waals surface area contributed by atoms with E-state index in [0.29, 0.717) is 24.1 Å². The summed E-state index contributed by atoms with van der Waals surface area (Å²) in [6.45, 7) is 4.25. The number of rotatable bonds is 6. The topological polar surface area (TPSA) is 58.7 Å². The largest absolute Gasteiger partial charge is 0.394 e. The molecule has 0 spiro atoms. The monoisotopic (exact) mass is 232 g/mol. The van der Waals surface area contributed by atoms with Crippen molar-refractivity contribution in [3.63, 3.8) is 0 Å². The van der Waals surface area contributed by atoms with Crippen LogP contribution in [-0.2, 0) is 4.74 Å². The first-order valence-electron chi connectivity index (χ1n) is 5.44. The predicted molar refractivity (Wildman–Crippen MR) is 63.9 cm³/mol. The van der Waals surface area contributed by atoms with Gasteiger partial charge in [-0.2, -0.15) is 0 Å². The summed E-state index contributed by atoms with van der Waals surface area (Å²) in [7, 11) is 0. The molecule has 1 aliphatic heterocycles. The second-order valence-electron chi connectivity index (χ2n) is 3.85. The number of nitrogens with zero attached hydrogens (tertiary/aromatic N) is 1. The average molecular weight is 232 g/mol. The van der Waals surface area contributed by atoms with Crippen LogP contribution < -0.4 is 5.73 Å². The maximum absolute atomic E-state index is 8.53. The van der Waals surface area contributed by atoms with Gasteiger partial charge >= 0.3 is 0 Å². The zero-order chi connectivity index (χ0) is 11.1. The van der Waals surface area contributed by atoms with Crippen molar-refractivity contribution in [2.45, 2.75) is 12.8 Å². The fraction of sp³-hybridized carbons (Fsp3) is 0.900. The SMILES string of the molecule is NC(=S)C1CCN(CCOCCO)CC1. The highest BCUT2D eigenvalue weighted by Gasteiger charge is 2.20. The van der Waals surface area contributed by atoms with Gasteiger partial charge in [0.2, 0.25) is 0 Å². The lowest BCUT2D eigenvalue weighted by molar-refractivity contribution is 0.0676. The van der Waals surface area contributed by atoms with E-state index in [1.54, 1.807) is 0 Å². The van der Waals surface area contributed by atoms with Crippen LogP contribution in [0.2, 0.25) is 0 Å². The first-order chi connectivity index (χ1) is 7.24. The summed E-state index contributed by atoms with van der Waals surface area (Å²) >= 11 is 4.98. The molecule has 3 N–H and O–H groups in total. The Hall–Kier alpha value is -0.230. The highest BCUT2D eigenvalue weighted by Crippen LogP contribution is 2.16. The third-order valence-electron chi connectivity index (χ3n) is 2.78. The lowest BCUT2D eigenvalue weighted by atomic mass is 9.97. The van der Waals surface area contributed by atoms with Gasteiger partial charge in [0, 0.05) is 12.5 Å².